The first-order valence-electron chi connectivity index (χ1n) is 6.79. The van der Waals surface area contributed by atoms with Gasteiger partial charge in [0.1, 0.15) is 12.1 Å². The summed E-state index contributed by atoms with van der Waals surface area (Å²) >= 11 is 5.79. The lowest BCUT2D eigenvalue weighted by molar-refractivity contribution is 0.0975. The summed E-state index contributed by atoms with van der Waals surface area (Å²) < 4.78 is 5.61. The number of halogens is 1. The Hall–Kier alpha value is -2.46. The summed E-state index contributed by atoms with van der Waals surface area (Å²) in [6, 6.07) is 14.5. The van der Waals surface area contributed by atoms with Crippen LogP contribution in [0.4, 0.5) is 5.69 Å². The maximum absolute atomic E-state index is 12.2. The van der Waals surface area contributed by atoms with E-state index in [-0.39, 0.29) is 12.3 Å². The van der Waals surface area contributed by atoms with Crippen LogP contribution in [0.25, 0.3) is 11.0 Å². The lowest BCUT2D eigenvalue weighted by Gasteiger charge is -1.95. The van der Waals surface area contributed by atoms with Crippen molar-refractivity contribution in [1.82, 2.24) is 0 Å². The summed E-state index contributed by atoms with van der Waals surface area (Å²) in [7, 11) is 0. The number of carbonyl (C=O) groups excluding carboxylic acids is 1. The zero-order chi connectivity index (χ0) is 15.5. The predicted molar refractivity (Wildman–Crippen MR) is 86.1 cm³/mol. The van der Waals surface area contributed by atoms with Crippen molar-refractivity contribution in [3.63, 3.8) is 0 Å². The Morgan fingerprint density at radius 3 is 2.59 bits per heavy atom. The third kappa shape index (κ3) is 2.92. The molecule has 0 aliphatic carbocycles. The number of ketones is 1. The first-order valence-corrected chi connectivity index (χ1v) is 7.17. The second kappa shape index (κ2) is 6.12. The maximum Gasteiger partial charge on any atom is 0.221 e. The molecule has 4 nitrogen and oxygen atoms in total. The summed E-state index contributed by atoms with van der Waals surface area (Å²) in [6.45, 7) is 1.82. The zero-order valence-electron chi connectivity index (χ0n) is 11.9. The molecular weight excluding hydrogens is 300 g/mol. The molecule has 0 saturated carbocycles. The largest absolute Gasteiger partial charge is 0.453 e. The average Bonchev–Trinajstić information content (AvgIpc) is 2.87. The molecule has 3 aromatic rings. The molecule has 3 rings (SSSR count). The highest BCUT2D eigenvalue weighted by atomic mass is 35.5. The Morgan fingerprint density at radius 1 is 1.14 bits per heavy atom. The number of furan rings is 1. The summed E-state index contributed by atoms with van der Waals surface area (Å²) in [6.07, 6.45) is 0. The smallest absolute Gasteiger partial charge is 0.221 e. The number of azo groups is 1. The van der Waals surface area contributed by atoms with Gasteiger partial charge in [-0.3, -0.25) is 4.79 Å². The first-order chi connectivity index (χ1) is 10.6. The van der Waals surface area contributed by atoms with Crippen molar-refractivity contribution in [2.45, 2.75) is 6.92 Å². The molecule has 0 N–H and O–H groups in total. The molecule has 0 unspecified atom stereocenters. The van der Waals surface area contributed by atoms with Crippen LogP contribution >= 0.6 is 11.6 Å². The van der Waals surface area contributed by atoms with E-state index in [0.29, 0.717) is 22.1 Å². The van der Waals surface area contributed by atoms with E-state index in [4.69, 9.17) is 16.0 Å². The molecule has 0 saturated heterocycles. The molecule has 110 valence electrons. The van der Waals surface area contributed by atoms with Gasteiger partial charge in [0.15, 0.2) is 5.76 Å². The second-order valence-corrected chi connectivity index (χ2v) is 5.29. The van der Waals surface area contributed by atoms with Crippen LogP contribution < -0.4 is 0 Å². The fourth-order valence-electron chi connectivity index (χ4n) is 2.20. The van der Waals surface area contributed by atoms with Gasteiger partial charge in [-0.2, -0.15) is 10.2 Å². The predicted octanol–water partition coefficient (Wildman–Crippen LogP) is 5.36. The highest BCUT2D eigenvalue weighted by Crippen LogP contribution is 2.25. The van der Waals surface area contributed by atoms with Crippen LogP contribution in [0.3, 0.4) is 0 Å². The highest BCUT2D eigenvalue weighted by Gasteiger charge is 2.16. The molecule has 0 bridgehead atoms. The Labute approximate surface area is 132 Å². The van der Waals surface area contributed by atoms with E-state index in [9.17, 15) is 4.79 Å². The molecule has 0 aliphatic rings. The third-order valence-corrected chi connectivity index (χ3v) is 3.58. The van der Waals surface area contributed by atoms with Crippen LogP contribution in [0, 0.1) is 6.92 Å². The Morgan fingerprint density at radius 2 is 1.86 bits per heavy atom. The van der Waals surface area contributed by atoms with Crippen LogP contribution in [-0.2, 0) is 0 Å². The Kier molecular flexibility index (Phi) is 4.02. The molecule has 2 aromatic carbocycles. The van der Waals surface area contributed by atoms with Gasteiger partial charge in [-0.05, 0) is 37.3 Å². The number of hydrogen-bond acceptors (Lipinski definition) is 4. The maximum atomic E-state index is 12.2. The van der Waals surface area contributed by atoms with Gasteiger partial charge in [0, 0.05) is 16.0 Å². The summed E-state index contributed by atoms with van der Waals surface area (Å²) in [4.78, 5) is 12.2. The number of fused-ring (bicyclic) bond motifs is 1. The van der Waals surface area contributed by atoms with Gasteiger partial charge in [0.05, 0.1) is 5.69 Å². The van der Waals surface area contributed by atoms with E-state index in [1.54, 1.807) is 24.3 Å². The molecule has 0 fully saturated rings. The zero-order valence-corrected chi connectivity index (χ0v) is 12.7. The third-order valence-electron chi connectivity index (χ3n) is 3.32. The van der Waals surface area contributed by atoms with Gasteiger partial charge in [-0.25, -0.2) is 0 Å². The SMILES string of the molecule is Cc1c(C(=O)CN=Nc2ccc(Cl)cc2)oc2ccccc12. The fourth-order valence-corrected chi connectivity index (χ4v) is 2.33. The molecule has 22 heavy (non-hydrogen) atoms. The van der Waals surface area contributed by atoms with Crippen LogP contribution in [0.5, 0.6) is 0 Å². The van der Waals surface area contributed by atoms with Crippen molar-refractivity contribution in [2.75, 3.05) is 6.54 Å². The van der Waals surface area contributed by atoms with Crippen LogP contribution in [0.2, 0.25) is 5.02 Å². The quantitative estimate of drug-likeness (QED) is 0.481. The number of benzene rings is 2. The molecule has 0 atom stereocenters. The lowest BCUT2D eigenvalue weighted by Crippen LogP contribution is -2.02. The molecule has 0 amide bonds. The number of nitrogens with zero attached hydrogens (tertiary/aromatic N) is 2. The second-order valence-electron chi connectivity index (χ2n) is 4.85. The first kappa shape index (κ1) is 14.5. The van der Waals surface area contributed by atoms with Crippen molar-refractivity contribution in [2.24, 2.45) is 10.2 Å². The van der Waals surface area contributed by atoms with Crippen molar-refractivity contribution in [1.29, 1.82) is 0 Å². The monoisotopic (exact) mass is 312 g/mol. The van der Waals surface area contributed by atoms with Crippen LogP contribution in [0.1, 0.15) is 16.1 Å². The number of rotatable bonds is 4. The van der Waals surface area contributed by atoms with E-state index < -0.39 is 0 Å². The van der Waals surface area contributed by atoms with E-state index in [2.05, 4.69) is 10.2 Å². The Bertz CT molecular complexity index is 851. The van der Waals surface area contributed by atoms with Gasteiger partial charge < -0.3 is 4.42 Å². The van der Waals surface area contributed by atoms with E-state index >= 15 is 0 Å². The van der Waals surface area contributed by atoms with Crippen molar-refractivity contribution < 1.29 is 9.21 Å². The summed E-state index contributed by atoms with van der Waals surface area (Å²) in [5.41, 5.74) is 2.19. The average molecular weight is 313 g/mol. The summed E-state index contributed by atoms with van der Waals surface area (Å²) in [5.74, 6) is 0.155. The number of aryl methyl sites for hydroxylation is 1. The Balaban J connectivity index is 1.76. The standard InChI is InChI=1S/C17H13ClN2O2/c1-11-14-4-2-3-5-16(14)22-17(11)15(21)10-19-20-13-8-6-12(18)7-9-13/h2-9H,10H2,1H3. The number of carbonyl (C=O) groups is 1. The lowest BCUT2D eigenvalue weighted by atomic mass is 10.1. The minimum atomic E-state index is -0.189. The van der Waals surface area contributed by atoms with Crippen molar-refractivity contribution >= 4 is 34.0 Å². The summed E-state index contributed by atoms with van der Waals surface area (Å²) in [5, 5.41) is 9.51. The minimum Gasteiger partial charge on any atom is -0.453 e. The van der Waals surface area contributed by atoms with E-state index in [1.807, 2.05) is 31.2 Å². The molecule has 0 radical (unpaired) electrons. The van der Waals surface area contributed by atoms with Gasteiger partial charge in [-0.15, -0.1) is 0 Å². The number of Topliss-reactive ketones (excluding diaryl/α,β-unsaturated/α-hetero) is 1. The van der Waals surface area contributed by atoms with Crippen LogP contribution in [-0.4, -0.2) is 12.3 Å². The van der Waals surface area contributed by atoms with Crippen molar-refractivity contribution in [3.8, 4) is 0 Å². The molecule has 5 heteroatoms. The van der Waals surface area contributed by atoms with E-state index in [0.717, 1.165) is 10.9 Å². The number of hydrogen-bond donors (Lipinski definition) is 0. The van der Waals surface area contributed by atoms with Gasteiger partial charge in [0.25, 0.3) is 0 Å². The topological polar surface area (TPSA) is 54.9 Å². The van der Waals surface area contributed by atoms with Gasteiger partial charge in [0.2, 0.25) is 5.78 Å². The van der Waals surface area contributed by atoms with E-state index in [1.165, 1.54) is 0 Å². The molecule has 1 heterocycles. The van der Waals surface area contributed by atoms with Crippen molar-refractivity contribution in [3.05, 3.63) is 64.9 Å². The highest BCUT2D eigenvalue weighted by molar-refractivity contribution is 6.30. The normalized spacial score (nSPS) is 11.4. The fraction of sp³-hybridized carbons (Fsp3) is 0.118. The van der Waals surface area contributed by atoms with Gasteiger partial charge >= 0.3 is 0 Å². The minimum absolute atomic E-state index is 0.0523. The van der Waals surface area contributed by atoms with Crippen LogP contribution in [0.15, 0.2) is 63.2 Å². The molecular formula is C17H13ClN2O2. The molecule has 0 aliphatic heterocycles. The molecule has 1 aromatic heterocycles. The number of para-hydroxylation sites is 1. The van der Waals surface area contributed by atoms with Gasteiger partial charge in [-0.1, -0.05) is 29.8 Å². The molecule has 0 spiro atoms.